The second-order valence-corrected chi connectivity index (χ2v) is 6.23. The Bertz CT molecular complexity index is 794. The lowest BCUT2D eigenvalue weighted by Crippen LogP contribution is -2.13. The lowest BCUT2D eigenvalue weighted by molar-refractivity contribution is 0.100. The van der Waals surface area contributed by atoms with Crippen LogP contribution in [0.2, 0.25) is 5.02 Å². The van der Waals surface area contributed by atoms with Crippen LogP contribution >= 0.6 is 22.9 Å². The molecule has 2 aromatic rings. The van der Waals surface area contributed by atoms with Crippen molar-refractivity contribution < 1.29 is 9.18 Å². The van der Waals surface area contributed by atoms with Crippen LogP contribution in [-0.4, -0.2) is 5.91 Å². The van der Waals surface area contributed by atoms with Gasteiger partial charge in [-0.25, -0.2) is 4.39 Å². The van der Waals surface area contributed by atoms with Gasteiger partial charge in [-0.1, -0.05) is 11.6 Å². The highest BCUT2D eigenvalue weighted by Gasteiger charge is 2.32. The van der Waals surface area contributed by atoms with Gasteiger partial charge < -0.3 is 5.73 Å². The Labute approximate surface area is 129 Å². The summed E-state index contributed by atoms with van der Waals surface area (Å²) in [6.07, 6.45) is 1.19. The van der Waals surface area contributed by atoms with Gasteiger partial charge in [-0.15, -0.1) is 11.3 Å². The molecule has 0 fully saturated rings. The van der Waals surface area contributed by atoms with Crippen LogP contribution in [0.25, 0.3) is 0 Å². The van der Waals surface area contributed by atoms with Gasteiger partial charge in [0, 0.05) is 21.9 Å². The predicted octanol–water partition coefficient (Wildman–Crippen LogP) is 3.59. The molecular weight excluding hydrogens is 311 g/mol. The molecule has 0 spiro atoms. The van der Waals surface area contributed by atoms with E-state index in [1.165, 1.54) is 6.07 Å². The molecular formula is C15H10ClFN2OS. The van der Waals surface area contributed by atoms with Crippen molar-refractivity contribution in [1.82, 2.24) is 0 Å². The van der Waals surface area contributed by atoms with Gasteiger partial charge in [-0.3, -0.25) is 4.79 Å². The number of carbonyl (C=O) groups is 1. The third-order valence-corrected chi connectivity index (χ3v) is 5.00. The van der Waals surface area contributed by atoms with Gasteiger partial charge in [0.05, 0.1) is 10.4 Å². The largest absolute Gasteiger partial charge is 0.365 e. The average molecular weight is 321 g/mol. The molecule has 0 unspecified atom stereocenters. The number of nitrogens with two attached hydrogens (primary N) is 1. The van der Waals surface area contributed by atoms with Crippen molar-refractivity contribution in [2.24, 2.45) is 5.73 Å². The van der Waals surface area contributed by atoms with Crippen LogP contribution in [0, 0.1) is 17.1 Å². The van der Waals surface area contributed by atoms with Crippen molar-refractivity contribution in [1.29, 1.82) is 5.26 Å². The van der Waals surface area contributed by atoms with E-state index < -0.39 is 5.91 Å². The number of hydrogen-bond acceptors (Lipinski definition) is 3. The first kappa shape index (κ1) is 14.1. The third kappa shape index (κ3) is 2.21. The Kier molecular flexibility index (Phi) is 3.44. The molecule has 1 atom stereocenters. The Morgan fingerprint density at radius 3 is 2.95 bits per heavy atom. The third-order valence-electron chi connectivity index (χ3n) is 3.78. The van der Waals surface area contributed by atoms with E-state index in [4.69, 9.17) is 17.3 Å². The van der Waals surface area contributed by atoms with Crippen LogP contribution in [0.4, 0.5) is 4.39 Å². The fourth-order valence-electron chi connectivity index (χ4n) is 2.93. The number of hydrogen-bond donors (Lipinski definition) is 1. The first-order valence-corrected chi connectivity index (χ1v) is 7.57. The van der Waals surface area contributed by atoms with Gasteiger partial charge in [0.1, 0.15) is 11.9 Å². The summed E-state index contributed by atoms with van der Waals surface area (Å²) in [5.74, 6) is -1.11. The standard InChI is InChI=1S/C15H10ClFN2OS/c16-8-3-11-9(12(17)4-8)1-2-10(11)13-7(5-18)6-21-14(13)15(19)20/h3-4,6,10H,1-2H2,(H2,19,20)/t10-/m1/s1. The normalized spacial score (nSPS) is 16.5. The second-order valence-electron chi connectivity index (χ2n) is 4.91. The molecule has 1 amide bonds. The average Bonchev–Trinajstić information content (AvgIpc) is 3.00. The molecule has 21 heavy (non-hydrogen) atoms. The van der Waals surface area contributed by atoms with Gasteiger partial charge in [-0.2, -0.15) is 5.26 Å². The summed E-state index contributed by atoms with van der Waals surface area (Å²) in [7, 11) is 0. The van der Waals surface area contributed by atoms with E-state index in [1.807, 2.05) is 0 Å². The molecule has 3 rings (SSSR count). The second kappa shape index (κ2) is 5.14. The maximum atomic E-state index is 14.0. The minimum absolute atomic E-state index is 0.211. The molecule has 1 aliphatic carbocycles. The summed E-state index contributed by atoms with van der Waals surface area (Å²) in [5.41, 5.74) is 7.78. The molecule has 1 aliphatic rings. The number of primary amides is 1. The highest BCUT2D eigenvalue weighted by molar-refractivity contribution is 7.12. The summed E-state index contributed by atoms with van der Waals surface area (Å²) in [4.78, 5) is 11.9. The number of nitriles is 1. The minimum Gasteiger partial charge on any atom is -0.365 e. The maximum Gasteiger partial charge on any atom is 0.259 e. The first-order valence-electron chi connectivity index (χ1n) is 6.32. The van der Waals surface area contributed by atoms with Crippen LogP contribution < -0.4 is 5.73 Å². The number of benzene rings is 1. The van der Waals surface area contributed by atoms with Crippen LogP contribution in [-0.2, 0) is 6.42 Å². The molecule has 1 heterocycles. The molecule has 0 radical (unpaired) electrons. The van der Waals surface area contributed by atoms with Gasteiger partial charge in [-0.05, 0) is 36.1 Å². The number of rotatable bonds is 2. The first-order chi connectivity index (χ1) is 10.0. The molecule has 2 N–H and O–H groups in total. The Morgan fingerprint density at radius 1 is 1.52 bits per heavy atom. The Balaban J connectivity index is 2.20. The number of carbonyl (C=O) groups excluding carboxylic acids is 1. The van der Waals surface area contributed by atoms with Gasteiger partial charge in [0.25, 0.3) is 5.91 Å². The monoisotopic (exact) mass is 320 g/mol. The summed E-state index contributed by atoms with van der Waals surface area (Å²) >= 11 is 7.09. The van der Waals surface area contributed by atoms with Crippen LogP contribution in [0.5, 0.6) is 0 Å². The van der Waals surface area contributed by atoms with Crippen molar-refractivity contribution in [3.05, 3.63) is 55.5 Å². The van der Waals surface area contributed by atoms with E-state index >= 15 is 0 Å². The molecule has 3 nitrogen and oxygen atoms in total. The quantitative estimate of drug-likeness (QED) is 0.918. The van der Waals surface area contributed by atoms with E-state index in [1.54, 1.807) is 11.4 Å². The Hall–Kier alpha value is -1.90. The molecule has 0 aliphatic heterocycles. The highest BCUT2D eigenvalue weighted by atomic mass is 35.5. The minimum atomic E-state index is -0.563. The zero-order valence-corrected chi connectivity index (χ0v) is 12.4. The van der Waals surface area contributed by atoms with E-state index in [2.05, 4.69) is 6.07 Å². The molecule has 1 aromatic heterocycles. The number of fused-ring (bicyclic) bond motifs is 1. The van der Waals surface area contributed by atoms with E-state index in [-0.39, 0.29) is 11.7 Å². The lowest BCUT2D eigenvalue weighted by Gasteiger charge is -2.13. The summed E-state index contributed by atoms with van der Waals surface area (Å²) in [6, 6.07) is 5.08. The van der Waals surface area contributed by atoms with E-state index in [9.17, 15) is 14.4 Å². The molecule has 0 bridgehead atoms. The fraction of sp³-hybridized carbons (Fsp3) is 0.200. The number of nitrogens with zero attached hydrogens (tertiary/aromatic N) is 1. The molecule has 6 heteroatoms. The van der Waals surface area contributed by atoms with Crippen molar-refractivity contribution >= 4 is 28.8 Å². The smallest absolute Gasteiger partial charge is 0.259 e. The number of halogens is 2. The molecule has 0 saturated heterocycles. The van der Waals surface area contributed by atoms with E-state index in [0.717, 1.165) is 16.9 Å². The number of thiophene rings is 1. The maximum absolute atomic E-state index is 14.0. The lowest BCUT2D eigenvalue weighted by atomic mass is 9.90. The SMILES string of the molecule is N#Cc1csc(C(N)=O)c1[C@@H]1CCc2c(F)cc(Cl)cc21. The topological polar surface area (TPSA) is 66.9 Å². The van der Waals surface area contributed by atoms with Crippen molar-refractivity contribution in [2.75, 3.05) is 0 Å². The summed E-state index contributed by atoms with van der Waals surface area (Å²) < 4.78 is 14.0. The predicted molar refractivity (Wildman–Crippen MR) is 79.1 cm³/mol. The van der Waals surface area contributed by atoms with Crippen molar-refractivity contribution in [3.63, 3.8) is 0 Å². The van der Waals surface area contributed by atoms with Gasteiger partial charge in [0.15, 0.2) is 0 Å². The molecule has 106 valence electrons. The van der Waals surface area contributed by atoms with Gasteiger partial charge in [0.2, 0.25) is 0 Å². The fourth-order valence-corrected chi connectivity index (χ4v) is 4.06. The summed E-state index contributed by atoms with van der Waals surface area (Å²) in [5, 5.41) is 11.2. The van der Waals surface area contributed by atoms with E-state index in [0.29, 0.717) is 39.4 Å². The zero-order chi connectivity index (χ0) is 15.1. The highest BCUT2D eigenvalue weighted by Crippen LogP contribution is 2.44. The van der Waals surface area contributed by atoms with Crippen molar-refractivity contribution in [3.8, 4) is 6.07 Å². The zero-order valence-electron chi connectivity index (χ0n) is 10.8. The number of amides is 1. The van der Waals surface area contributed by atoms with Crippen LogP contribution in [0.15, 0.2) is 17.5 Å². The molecule has 1 aromatic carbocycles. The van der Waals surface area contributed by atoms with Gasteiger partial charge >= 0.3 is 0 Å². The van der Waals surface area contributed by atoms with Crippen LogP contribution in [0.1, 0.15) is 44.3 Å². The van der Waals surface area contributed by atoms with Crippen molar-refractivity contribution in [2.45, 2.75) is 18.8 Å². The summed E-state index contributed by atoms with van der Waals surface area (Å²) in [6.45, 7) is 0. The van der Waals surface area contributed by atoms with Crippen LogP contribution in [0.3, 0.4) is 0 Å². The molecule has 0 saturated carbocycles. The Morgan fingerprint density at radius 2 is 2.29 bits per heavy atom.